The number of halogens is 1. The number of fused-ring (bicyclic) bond motifs is 1. The van der Waals surface area contributed by atoms with Gasteiger partial charge in [-0.2, -0.15) is 0 Å². The van der Waals surface area contributed by atoms with Crippen molar-refractivity contribution in [2.24, 2.45) is 5.73 Å². The normalized spacial score (nSPS) is 23.9. The molecular weight excluding hydrogens is 272 g/mol. The van der Waals surface area contributed by atoms with Crippen molar-refractivity contribution >= 4 is 27.6 Å². The van der Waals surface area contributed by atoms with Crippen LogP contribution in [0.15, 0.2) is 16.6 Å². The van der Waals surface area contributed by atoms with Crippen molar-refractivity contribution in [3.63, 3.8) is 0 Å². The topological polar surface area (TPSA) is 89.3 Å². The van der Waals surface area contributed by atoms with Crippen molar-refractivity contribution < 1.29 is 9.90 Å². The number of aliphatic carboxylic acids is 1. The molecule has 1 unspecified atom stereocenters. The number of hydrogen-bond acceptors (Lipinski definition) is 3. The molecular formula is C11H13BrN2O2. The summed E-state index contributed by atoms with van der Waals surface area (Å²) in [5, 5.41) is 9.25. The van der Waals surface area contributed by atoms with Gasteiger partial charge in [0.15, 0.2) is 0 Å². The SMILES string of the molecule is Nc1cc(Br)cc2c1C(N)(C(=O)O)CCC2. The molecule has 0 amide bonds. The standard InChI is InChI=1S/C11H13BrN2O2/c12-7-4-6-2-1-3-11(14,10(15)16)9(6)8(13)5-7/h4-5H,1-3,13-14H2,(H,15,16). The number of carbonyl (C=O) groups is 1. The zero-order valence-corrected chi connectivity index (χ0v) is 10.3. The molecule has 0 saturated heterocycles. The Kier molecular flexibility index (Phi) is 2.67. The van der Waals surface area contributed by atoms with Gasteiger partial charge in [-0.15, -0.1) is 0 Å². The monoisotopic (exact) mass is 284 g/mol. The number of aryl methyl sites for hydroxylation is 1. The summed E-state index contributed by atoms with van der Waals surface area (Å²) in [6, 6.07) is 3.60. The molecule has 0 spiro atoms. The van der Waals surface area contributed by atoms with Crippen molar-refractivity contribution in [2.75, 3.05) is 5.73 Å². The van der Waals surface area contributed by atoms with Crippen molar-refractivity contribution in [1.82, 2.24) is 0 Å². The quantitative estimate of drug-likeness (QED) is 0.684. The fraction of sp³-hybridized carbons (Fsp3) is 0.364. The zero-order chi connectivity index (χ0) is 11.9. The van der Waals surface area contributed by atoms with E-state index in [0.29, 0.717) is 17.7 Å². The molecule has 4 nitrogen and oxygen atoms in total. The first-order valence-corrected chi connectivity index (χ1v) is 5.85. The average Bonchev–Trinajstić information content (AvgIpc) is 2.16. The predicted molar refractivity (Wildman–Crippen MR) is 65.0 cm³/mol. The summed E-state index contributed by atoms with van der Waals surface area (Å²) in [5.74, 6) is -1.01. The molecule has 0 aromatic heterocycles. The predicted octanol–water partition coefficient (Wildman–Crippen LogP) is 1.61. The maximum atomic E-state index is 11.3. The number of anilines is 1. The molecule has 0 fully saturated rings. The van der Waals surface area contributed by atoms with Crippen molar-refractivity contribution in [1.29, 1.82) is 0 Å². The second-order valence-electron chi connectivity index (χ2n) is 4.16. The molecule has 16 heavy (non-hydrogen) atoms. The van der Waals surface area contributed by atoms with Crippen molar-refractivity contribution in [3.05, 3.63) is 27.7 Å². The lowest BCUT2D eigenvalue weighted by molar-refractivity contribution is -0.144. The van der Waals surface area contributed by atoms with E-state index >= 15 is 0 Å². The molecule has 86 valence electrons. The van der Waals surface area contributed by atoms with E-state index in [4.69, 9.17) is 11.5 Å². The Hall–Kier alpha value is -1.07. The fourth-order valence-corrected chi connectivity index (χ4v) is 2.85. The highest BCUT2D eigenvalue weighted by atomic mass is 79.9. The summed E-state index contributed by atoms with van der Waals surface area (Å²) in [6.07, 6.45) is 2.03. The second-order valence-corrected chi connectivity index (χ2v) is 5.07. The smallest absolute Gasteiger partial charge is 0.328 e. The highest BCUT2D eigenvalue weighted by Gasteiger charge is 2.41. The Morgan fingerprint density at radius 2 is 2.19 bits per heavy atom. The maximum absolute atomic E-state index is 11.3. The molecule has 2 rings (SSSR count). The minimum absolute atomic E-state index is 0.432. The summed E-state index contributed by atoms with van der Waals surface area (Å²) >= 11 is 3.35. The van der Waals surface area contributed by atoms with Gasteiger partial charge in [0.05, 0.1) is 0 Å². The van der Waals surface area contributed by atoms with Crippen LogP contribution in [0.3, 0.4) is 0 Å². The van der Waals surface area contributed by atoms with E-state index in [1.54, 1.807) is 6.07 Å². The van der Waals surface area contributed by atoms with E-state index in [-0.39, 0.29) is 0 Å². The van der Waals surface area contributed by atoms with Gasteiger partial charge < -0.3 is 16.6 Å². The summed E-state index contributed by atoms with van der Waals surface area (Å²) in [5.41, 5.74) is 12.5. The summed E-state index contributed by atoms with van der Waals surface area (Å²) in [7, 11) is 0. The minimum atomic E-state index is -1.33. The molecule has 0 radical (unpaired) electrons. The molecule has 1 aromatic rings. The van der Waals surface area contributed by atoms with Crippen LogP contribution in [0.2, 0.25) is 0 Å². The molecule has 0 saturated carbocycles. The molecule has 0 bridgehead atoms. The molecule has 1 aliphatic carbocycles. The number of rotatable bonds is 1. The van der Waals surface area contributed by atoms with Crippen LogP contribution >= 0.6 is 15.9 Å². The number of carboxylic acids is 1. The first-order chi connectivity index (χ1) is 7.45. The van der Waals surface area contributed by atoms with Gasteiger partial charge in [0.25, 0.3) is 0 Å². The lowest BCUT2D eigenvalue weighted by Gasteiger charge is -2.33. The highest BCUT2D eigenvalue weighted by molar-refractivity contribution is 9.10. The van der Waals surface area contributed by atoms with Crippen LogP contribution in [0.25, 0.3) is 0 Å². The third-order valence-electron chi connectivity index (χ3n) is 3.06. The van der Waals surface area contributed by atoms with Crippen molar-refractivity contribution in [3.8, 4) is 0 Å². The van der Waals surface area contributed by atoms with E-state index in [1.165, 1.54) is 0 Å². The average molecular weight is 285 g/mol. The van der Waals surface area contributed by atoms with Gasteiger partial charge in [0.1, 0.15) is 5.54 Å². The summed E-state index contributed by atoms with van der Waals surface area (Å²) in [4.78, 5) is 11.3. The van der Waals surface area contributed by atoms with Gasteiger partial charge in [0, 0.05) is 15.7 Å². The molecule has 0 heterocycles. The lowest BCUT2D eigenvalue weighted by Crippen LogP contribution is -2.47. The van der Waals surface area contributed by atoms with Gasteiger partial charge in [-0.25, -0.2) is 4.79 Å². The van der Waals surface area contributed by atoms with Gasteiger partial charge in [0.2, 0.25) is 0 Å². The highest BCUT2D eigenvalue weighted by Crippen LogP contribution is 2.39. The Bertz CT molecular complexity index is 462. The lowest BCUT2D eigenvalue weighted by atomic mass is 9.76. The Morgan fingerprint density at radius 3 is 2.81 bits per heavy atom. The number of hydrogen-bond donors (Lipinski definition) is 3. The molecule has 1 atom stereocenters. The van der Waals surface area contributed by atoms with Gasteiger partial charge in [-0.3, -0.25) is 0 Å². The molecule has 5 heteroatoms. The van der Waals surface area contributed by atoms with Gasteiger partial charge >= 0.3 is 5.97 Å². The third-order valence-corrected chi connectivity index (χ3v) is 3.52. The Labute approximate surface area is 102 Å². The fourth-order valence-electron chi connectivity index (χ4n) is 2.32. The van der Waals surface area contributed by atoms with E-state index in [2.05, 4.69) is 15.9 Å². The van der Waals surface area contributed by atoms with E-state index < -0.39 is 11.5 Å². The Balaban J connectivity index is 2.67. The maximum Gasteiger partial charge on any atom is 0.328 e. The number of benzene rings is 1. The van der Waals surface area contributed by atoms with Gasteiger partial charge in [-0.1, -0.05) is 15.9 Å². The van der Waals surface area contributed by atoms with Crippen LogP contribution in [-0.2, 0) is 16.8 Å². The number of carboxylic acid groups (broad SMARTS) is 1. The van der Waals surface area contributed by atoms with Crippen LogP contribution < -0.4 is 11.5 Å². The van der Waals surface area contributed by atoms with E-state index in [9.17, 15) is 9.90 Å². The Morgan fingerprint density at radius 1 is 1.50 bits per heavy atom. The van der Waals surface area contributed by atoms with Crippen molar-refractivity contribution in [2.45, 2.75) is 24.8 Å². The summed E-state index contributed by atoms with van der Waals surface area (Å²) < 4.78 is 0.860. The summed E-state index contributed by atoms with van der Waals surface area (Å²) in [6.45, 7) is 0. The number of nitrogen functional groups attached to an aromatic ring is 1. The molecule has 5 N–H and O–H groups in total. The van der Waals surface area contributed by atoms with Gasteiger partial charge in [-0.05, 0) is 37.0 Å². The van der Waals surface area contributed by atoms with E-state index in [0.717, 1.165) is 22.9 Å². The first kappa shape index (κ1) is 11.4. The van der Waals surface area contributed by atoms with Crippen LogP contribution in [0, 0.1) is 0 Å². The minimum Gasteiger partial charge on any atom is -0.480 e. The van der Waals surface area contributed by atoms with Crippen LogP contribution in [0.4, 0.5) is 5.69 Å². The largest absolute Gasteiger partial charge is 0.480 e. The first-order valence-electron chi connectivity index (χ1n) is 5.06. The van der Waals surface area contributed by atoms with Crippen LogP contribution in [0.5, 0.6) is 0 Å². The van der Waals surface area contributed by atoms with Crippen LogP contribution in [0.1, 0.15) is 24.0 Å². The second kappa shape index (κ2) is 3.75. The van der Waals surface area contributed by atoms with Crippen LogP contribution in [-0.4, -0.2) is 11.1 Å². The number of nitrogens with two attached hydrogens (primary N) is 2. The molecule has 1 aromatic carbocycles. The molecule has 0 aliphatic heterocycles. The third kappa shape index (κ3) is 1.60. The molecule has 1 aliphatic rings. The van der Waals surface area contributed by atoms with E-state index in [1.807, 2.05) is 6.07 Å². The zero-order valence-electron chi connectivity index (χ0n) is 8.66.